The molecule has 2 rings (SSSR count). The molecule has 0 saturated heterocycles. The van der Waals surface area contributed by atoms with E-state index in [4.69, 9.17) is 5.11 Å². The van der Waals surface area contributed by atoms with E-state index in [2.05, 4.69) is 10.3 Å². The van der Waals surface area contributed by atoms with Gasteiger partial charge in [-0.3, -0.25) is 4.79 Å². The first-order chi connectivity index (χ1) is 8.56. The van der Waals surface area contributed by atoms with Gasteiger partial charge < -0.3 is 10.4 Å². The number of pyridine rings is 1. The SMILES string of the molecule is O=C(Nc1ccc(C(=O)O)s1)c1ccnc(F)c1. The van der Waals surface area contributed by atoms with E-state index in [0.29, 0.717) is 5.00 Å². The van der Waals surface area contributed by atoms with Crippen molar-refractivity contribution in [3.8, 4) is 0 Å². The molecule has 7 heteroatoms. The predicted molar refractivity (Wildman–Crippen MR) is 63.4 cm³/mol. The van der Waals surface area contributed by atoms with Crippen molar-refractivity contribution in [2.45, 2.75) is 0 Å². The van der Waals surface area contributed by atoms with Crippen molar-refractivity contribution in [1.29, 1.82) is 0 Å². The molecule has 0 fully saturated rings. The first-order valence-corrected chi connectivity index (χ1v) is 5.64. The molecule has 0 saturated carbocycles. The van der Waals surface area contributed by atoms with Crippen molar-refractivity contribution in [2.75, 3.05) is 5.32 Å². The van der Waals surface area contributed by atoms with Crippen LogP contribution in [0.5, 0.6) is 0 Å². The zero-order chi connectivity index (χ0) is 13.1. The van der Waals surface area contributed by atoms with Crippen LogP contribution in [0.15, 0.2) is 30.5 Å². The third-order valence-electron chi connectivity index (χ3n) is 2.04. The van der Waals surface area contributed by atoms with Gasteiger partial charge in [0.2, 0.25) is 5.95 Å². The number of thiophene rings is 1. The number of aromatic carboxylic acids is 1. The van der Waals surface area contributed by atoms with Gasteiger partial charge in [0, 0.05) is 17.8 Å². The quantitative estimate of drug-likeness (QED) is 0.835. The number of carboxylic acid groups (broad SMARTS) is 1. The molecule has 0 atom stereocenters. The maximum absolute atomic E-state index is 12.8. The number of carbonyl (C=O) groups is 2. The number of carbonyl (C=O) groups excluding carboxylic acids is 1. The van der Waals surface area contributed by atoms with Crippen molar-refractivity contribution in [3.63, 3.8) is 0 Å². The maximum Gasteiger partial charge on any atom is 0.345 e. The smallest absolute Gasteiger partial charge is 0.345 e. The van der Waals surface area contributed by atoms with Crippen LogP contribution < -0.4 is 5.32 Å². The third kappa shape index (κ3) is 2.69. The van der Waals surface area contributed by atoms with Gasteiger partial charge in [0.15, 0.2) is 0 Å². The van der Waals surface area contributed by atoms with Crippen LogP contribution in [0.2, 0.25) is 0 Å². The fourth-order valence-corrected chi connectivity index (χ4v) is 1.99. The number of halogens is 1. The van der Waals surface area contributed by atoms with Gasteiger partial charge in [0.25, 0.3) is 5.91 Å². The van der Waals surface area contributed by atoms with Crippen LogP contribution in [0.25, 0.3) is 0 Å². The van der Waals surface area contributed by atoms with Gasteiger partial charge in [-0.25, -0.2) is 9.78 Å². The van der Waals surface area contributed by atoms with Crippen molar-refractivity contribution in [3.05, 3.63) is 46.9 Å². The number of carboxylic acids is 1. The molecule has 2 aromatic heterocycles. The number of rotatable bonds is 3. The van der Waals surface area contributed by atoms with Gasteiger partial charge in [0.1, 0.15) is 4.88 Å². The minimum Gasteiger partial charge on any atom is -0.477 e. The molecule has 0 aliphatic rings. The molecule has 0 aliphatic heterocycles. The van der Waals surface area contributed by atoms with Gasteiger partial charge in [0.05, 0.1) is 5.00 Å². The minimum atomic E-state index is -1.06. The second-order valence-corrected chi connectivity index (χ2v) is 4.37. The highest BCUT2D eigenvalue weighted by Crippen LogP contribution is 2.22. The average molecular weight is 266 g/mol. The number of hydrogen-bond acceptors (Lipinski definition) is 4. The summed E-state index contributed by atoms with van der Waals surface area (Å²) in [6.07, 6.45) is 1.18. The zero-order valence-electron chi connectivity index (χ0n) is 8.88. The molecular formula is C11H7FN2O3S. The Balaban J connectivity index is 2.13. The van der Waals surface area contributed by atoms with Crippen LogP contribution in [0.1, 0.15) is 20.0 Å². The van der Waals surface area contributed by atoms with Crippen LogP contribution in [0.4, 0.5) is 9.39 Å². The molecule has 5 nitrogen and oxygen atoms in total. The normalized spacial score (nSPS) is 10.1. The lowest BCUT2D eigenvalue weighted by Gasteiger charge is -2.01. The van der Waals surface area contributed by atoms with Gasteiger partial charge in [-0.15, -0.1) is 11.3 Å². The molecule has 1 amide bonds. The highest BCUT2D eigenvalue weighted by atomic mass is 32.1. The molecule has 0 spiro atoms. The highest BCUT2D eigenvalue weighted by molar-refractivity contribution is 7.18. The zero-order valence-corrected chi connectivity index (χ0v) is 9.70. The fourth-order valence-electron chi connectivity index (χ4n) is 1.25. The first kappa shape index (κ1) is 12.2. The Hall–Kier alpha value is -2.28. The van der Waals surface area contributed by atoms with E-state index in [0.717, 1.165) is 17.4 Å². The number of anilines is 1. The molecule has 2 N–H and O–H groups in total. The summed E-state index contributed by atoms with van der Waals surface area (Å²) < 4.78 is 12.8. The third-order valence-corrected chi connectivity index (χ3v) is 3.03. The first-order valence-electron chi connectivity index (χ1n) is 4.82. The summed E-state index contributed by atoms with van der Waals surface area (Å²) in [6.45, 7) is 0. The van der Waals surface area contributed by atoms with Crippen molar-refractivity contribution in [2.24, 2.45) is 0 Å². The number of hydrogen-bond donors (Lipinski definition) is 2. The van der Waals surface area contributed by atoms with E-state index in [1.54, 1.807) is 0 Å². The van der Waals surface area contributed by atoms with Gasteiger partial charge in [-0.2, -0.15) is 4.39 Å². The lowest BCUT2D eigenvalue weighted by atomic mass is 10.2. The summed E-state index contributed by atoms with van der Waals surface area (Å²) in [5.41, 5.74) is 0.118. The molecule has 0 radical (unpaired) electrons. The Morgan fingerprint density at radius 3 is 2.72 bits per heavy atom. The van der Waals surface area contributed by atoms with Crippen LogP contribution >= 0.6 is 11.3 Å². The number of nitrogens with zero attached hydrogens (tertiary/aromatic N) is 1. The van der Waals surface area contributed by atoms with Crippen molar-refractivity contribution in [1.82, 2.24) is 4.98 Å². The van der Waals surface area contributed by atoms with Crippen molar-refractivity contribution >= 4 is 28.2 Å². The van der Waals surface area contributed by atoms with Crippen molar-refractivity contribution < 1.29 is 19.1 Å². The molecule has 0 bridgehead atoms. The largest absolute Gasteiger partial charge is 0.477 e. The second kappa shape index (κ2) is 4.92. The van der Waals surface area contributed by atoms with E-state index in [1.165, 1.54) is 24.4 Å². The van der Waals surface area contributed by atoms with E-state index < -0.39 is 17.8 Å². The Bertz CT molecular complexity index is 612. The van der Waals surface area contributed by atoms with E-state index in [1.807, 2.05) is 0 Å². The maximum atomic E-state index is 12.8. The number of nitrogens with one attached hydrogen (secondary N) is 1. The second-order valence-electron chi connectivity index (χ2n) is 3.29. The van der Waals surface area contributed by atoms with Crippen LogP contribution in [0, 0.1) is 5.95 Å². The Labute approximate surface area is 105 Å². The summed E-state index contributed by atoms with van der Waals surface area (Å²) >= 11 is 0.927. The molecule has 92 valence electrons. The number of amides is 1. The summed E-state index contributed by atoms with van der Waals surface area (Å²) in [4.78, 5) is 25.8. The van der Waals surface area contributed by atoms with Gasteiger partial charge in [-0.1, -0.05) is 0 Å². The van der Waals surface area contributed by atoms with Crippen LogP contribution in [-0.2, 0) is 0 Å². The molecule has 2 aromatic rings. The van der Waals surface area contributed by atoms with Gasteiger partial charge >= 0.3 is 5.97 Å². The summed E-state index contributed by atoms with van der Waals surface area (Å²) in [6, 6.07) is 5.23. The molecule has 18 heavy (non-hydrogen) atoms. The molecule has 0 aliphatic carbocycles. The molecule has 2 heterocycles. The monoisotopic (exact) mass is 266 g/mol. The standard InChI is InChI=1S/C11H7FN2O3S/c12-8-5-6(3-4-13-8)10(15)14-9-2-1-7(18-9)11(16)17/h1-5H,(H,14,15)(H,16,17). The summed E-state index contributed by atoms with van der Waals surface area (Å²) in [7, 11) is 0. The molecule has 0 unspecified atom stereocenters. The lowest BCUT2D eigenvalue weighted by molar-refractivity contribution is 0.0702. The molecule has 0 aromatic carbocycles. The number of aromatic nitrogens is 1. The minimum absolute atomic E-state index is 0.117. The Kier molecular flexibility index (Phi) is 3.33. The Morgan fingerprint density at radius 1 is 1.33 bits per heavy atom. The van der Waals surface area contributed by atoms with E-state index in [-0.39, 0.29) is 10.4 Å². The summed E-state index contributed by atoms with van der Waals surface area (Å²) in [5, 5.41) is 11.6. The van der Waals surface area contributed by atoms with E-state index >= 15 is 0 Å². The van der Waals surface area contributed by atoms with E-state index in [9.17, 15) is 14.0 Å². The summed E-state index contributed by atoms with van der Waals surface area (Å²) in [5.74, 6) is -2.33. The molecular weight excluding hydrogens is 259 g/mol. The Morgan fingerprint density at radius 2 is 2.11 bits per heavy atom. The van der Waals surface area contributed by atoms with Crippen LogP contribution in [0.3, 0.4) is 0 Å². The average Bonchev–Trinajstić information content (AvgIpc) is 2.77. The fraction of sp³-hybridized carbons (Fsp3) is 0. The lowest BCUT2D eigenvalue weighted by Crippen LogP contribution is -2.11. The highest BCUT2D eigenvalue weighted by Gasteiger charge is 2.11. The predicted octanol–water partition coefficient (Wildman–Crippen LogP) is 2.23. The van der Waals surface area contributed by atoms with Crippen LogP contribution in [-0.4, -0.2) is 22.0 Å². The topological polar surface area (TPSA) is 79.3 Å². The van der Waals surface area contributed by atoms with Gasteiger partial charge in [-0.05, 0) is 18.2 Å².